The standard InChI is InChI=1S/C20H18BrN3O/c1-24(14-15-7-3-2-4-8-15)16-11-12-22-19(13-16)20(25)23-18-10-6-5-9-17(18)21/h2-13H,14H2,1H3,(H,23,25). The lowest BCUT2D eigenvalue weighted by Gasteiger charge is -2.19. The predicted octanol–water partition coefficient (Wildman–Crippen LogP) is 4.73. The number of benzene rings is 2. The highest BCUT2D eigenvalue weighted by atomic mass is 79.9. The van der Waals surface area contributed by atoms with Crippen molar-refractivity contribution >= 4 is 33.2 Å². The van der Waals surface area contributed by atoms with Crippen molar-refractivity contribution in [2.75, 3.05) is 17.3 Å². The van der Waals surface area contributed by atoms with Gasteiger partial charge in [-0.2, -0.15) is 0 Å². The number of carbonyl (C=O) groups excluding carboxylic acids is 1. The molecule has 1 N–H and O–H groups in total. The normalized spacial score (nSPS) is 10.3. The van der Waals surface area contributed by atoms with Crippen LogP contribution in [0.1, 0.15) is 16.1 Å². The maximum absolute atomic E-state index is 12.5. The van der Waals surface area contributed by atoms with E-state index in [9.17, 15) is 4.79 Å². The first-order chi connectivity index (χ1) is 12.1. The Bertz CT molecular complexity index is 868. The molecule has 0 saturated carbocycles. The molecule has 0 spiro atoms. The molecule has 3 aromatic rings. The Labute approximate surface area is 155 Å². The van der Waals surface area contributed by atoms with E-state index in [0.717, 1.165) is 22.4 Å². The van der Waals surface area contributed by atoms with E-state index < -0.39 is 0 Å². The molecule has 1 amide bonds. The first kappa shape index (κ1) is 17.2. The van der Waals surface area contributed by atoms with Crippen LogP contribution in [0.5, 0.6) is 0 Å². The number of hydrogen-bond acceptors (Lipinski definition) is 3. The molecule has 4 nitrogen and oxygen atoms in total. The van der Waals surface area contributed by atoms with Crippen LogP contribution in [0.25, 0.3) is 0 Å². The number of anilines is 2. The first-order valence-electron chi connectivity index (χ1n) is 7.90. The predicted molar refractivity (Wildman–Crippen MR) is 105 cm³/mol. The van der Waals surface area contributed by atoms with Crippen LogP contribution in [0.4, 0.5) is 11.4 Å². The van der Waals surface area contributed by atoms with Crippen molar-refractivity contribution in [1.29, 1.82) is 0 Å². The van der Waals surface area contributed by atoms with Gasteiger partial charge in [-0.05, 0) is 45.8 Å². The summed E-state index contributed by atoms with van der Waals surface area (Å²) in [5.41, 5.74) is 3.25. The van der Waals surface area contributed by atoms with E-state index in [4.69, 9.17) is 0 Å². The zero-order valence-electron chi connectivity index (χ0n) is 13.8. The Morgan fingerprint density at radius 2 is 1.80 bits per heavy atom. The number of rotatable bonds is 5. The molecule has 3 rings (SSSR count). The number of nitrogens with zero attached hydrogens (tertiary/aromatic N) is 2. The van der Waals surface area contributed by atoms with Crippen molar-refractivity contribution in [2.45, 2.75) is 6.54 Å². The molecule has 0 bridgehead atoms. The number of aromatic nitrogens is 1. The molecule has 0 aliphatic carbocycles. The van der Waals surface area contributed by atoms with E-state index in [1.54, 1.807) is 12.3 Å². The number of carbonyl (C=O) groups is 1. The number of halogens is 1. The van der Waals surface area contributed by atoms with Crippen molar-refractivity contribution in [3.8, 4) is 0 Å². The Balaban J connectivity index is 1.74. The van der Waals surface area contributed by atoms with E-state index in [0.29, 0.717) is 5.69 Å². The SMILES string of the molecule is CN(Cc1ccccc1)c1ccnc(C(=O)Nc2ccccc2Br)c1. The summed E-state index contributed by atoms with van der Waals surface area (Å²) in [6, 6.07) is 21.4. The average molecular weight is 396 g/mol. The quantitative estimate of drug-likeness (QED) is 0.678. The highest BCUT2D eigenvalue weighted by Crippen LogP contribution is 2.22. The van der Waals surface area contributed by atoms with Gasteiger partial charge >= 0.3 is 0 Å². The van der Waals surface area contributed by atoms with Crippen molar-refractivity contribution in [3.05, 3.63) is 88.7 Å². The third kappa shape index (κ3) is 4.45. The average Bonchev–Trinajstić information content (AvgIpc) is 2.64. The van der Waals surface area contributed by atoms with E-state index in [2.05, 4.69) is 43.3 Å². The molecule has 0 aliphatic heterocycles. The van der Waals surface area contributed by atoms with Crippen molar-refractivity contribution < 1.29 is 4.79 Å². The van der Waals surface area contributed by atoms with Gasteiger partial charge in [0.1, 0.15) is 5.69 Å². The molecule has 0 unspecified atom stereocenters. The van der Waals surface area contributed by atoms with Crippen LogP contribution >= 0.6 is 15.9 Å². The molecular weight excluding hydrogens is 378 g/mol. The molecule has 1 heterocycles. The van der Waals surface area contributed by atoms with E-state index >= 15 is 0 Å². The summed E-state index contributed by atoms with van der Waals surface area (Å²) in [6.45, 7) is 0.760. The third-order valence-electron chi connectivity index (χ3n) is 3.80. The smallest absolute Gasteiger partial charge is 0.274 e. The molecule has 0 fully saturated rings. The van der Waals surface area contributed by atoms with Gasteiger partial charge in [0.25, 0.3) is 5.91 Å². The van der Waals surface area contributed by atoms with Crippen LogP contribution < -0.4 is 10.2 Å². The maximum Gasteiger partial charge on any atom is 0.274 e. The lowest BCUT2D eigenvalue weighted by molar-refractivity contribution is 0.102. The Morgan fingerprint density at radius 1 is 1.08 bits per heavy atom. The topological polar surface area (TPSA) is 45.2 Å². The van der Waals surface area contributed by atoms with Crippen LogP contribution in [-0.2, 0) is 6.54 Å². The number of nitrogens with one attached hydrogen (secondary N) is 1. The van der Waals surface area contributed by atoms with Crippen molar-refractivity contribution in [2.24, 2.45) is 0 Å². The zero-order chi connectivity index (χ0) is 17.6. The molecule has 5 heteroatoms. The summed E-state index contributed by atoms with van der Waals surface area (Å²) < 4.78 is 0.834. The summed E-state index contributed by atoms with van der Waals surface area (Å²) in [6.07, 6.45) is 1.66. The molecule has 0 aliphatic rings. The summed E-state index contributed by atoms with van der Waals surface area (Å²) in [4.78, 5) is 18.8. The fourth-order valence-electron chi connectivity index (χ4n) is 2.48. The van der Waals surface area contributed by atoms with Crippen LogP contribution in [0.2, 0.25) is 0 Å². The minimum Gasteiger partial charge on any atom is -0.370 e. The Kier molecular flexibility index (Phi) is 5.46. The molecule has 0 radical (unpaired) electrons. The lowest BCUT2D eigenvalue weighted by atomic mass is 10.2. The van der Waals surface area contributed by atoms with Gasteiger partial charge in [0, 0.05) is 29.9 Å². The minimum absolute atomic E-state index is 0.234. The van der Waals surface area contributed by atoms with Gasteiger partial charge in [-0.15, -0.1) is 0 Å². The van der Waals surface area contributed by atoms with Gasteiger partial charge < -0.3 is 10.2 Å². The zero-order valence-corrected chi connectivity index (χ0v) is 15.4. The van der Waals surface area contributed by atoms with Gasteiger partial charge in [-0.3, -0.25) is 9.78 Å². The highest BCUT2D eigenvalue weighted by molar-refractivity contribution is 9.10. The second kappa shape index (κ2) is 7.94. The second-order valence-electron chi connectivity index (χ2n) is 5.67. The Morgan fingerprint density at radius 3 is 2.56 bits per heavy atom. The van der Waals surface area contributed by atoms with Gasteiger partial charge in [0.15, 0.2) is 0 Å². The largest absolute Gasteiger partial charge is 0.370 e. The van der Waals surface area contributed by atoms with Crippen LogP contribution in [0.3, 0.4) is 0 Å². The molecule has 0 atom stereocenters. The van der Waals surface area contributed by atoms with Crippen molar-refractivity contribution in [1.82, 2.24) is 4.98 Å². The maximum atomic E-state index is 12.5. The monoisotopic (exact) mass is 395 g/mol. The lowest BCUT2D eigenvalue weighted by Crippen LogP contribution is -2.19. The van der Waals surface area contributed by atoms with E-state index in [1.807, 2.05) is 55.6 Å². The molecule has 0 saturated heterocycles. The summed E-state index contributed by atoms with van der Waals surface area (Å²) >= 11 is 3.43. The molecule has 2 aromatic carbocycles. The van der Waals surface area contributed by atoms with Gasteiger partial charge in [0.05, 0.1) is 5.69 Å². The molecule has 1 aromatic heterocycles. The van der Waals surface area contributed by atoms with Crippen LogP contribution in [0.15, 0.2) is 77.4 Å². The second-order valence-corrected chi connectivity index (χ2v) is 6.53. The number of pyridine rings is 1. The minimum atomic E-state index is -0.234. The number of para-hydroxylation sites is 1. The third-order valence-corrected chi connectivity index (χ3v) is 4.49. The Hall–Kier alpha value is -2.66. The summed E-state index contributed by atoms with van der Waals surface area (Å²) in [5.74, 6) is -0.234. The summed E-state index contributed by atoms with van der Waals surface area (Å²) in [5, 5.41) is 2.88. The molecular formula is C20H18BrN3O. The number of amides is 1. The van der Waals surface area contributed by atoms with E-state index in [-0.39, 0.29) is 5.91 Å². The first-order valence-corrected chi connectivity index (χ1v) is 8.70. The fraction of sp³-hybridized carbons (Fsp3) is 0.100. The van der Waals surface area contributed by atoms with Gasteiger partial charge in [-0.25, -0.2) is 0 Å². The number of hydrogen-bond donors (Lipinski definition) is 1. The van der Waals surface area contributed by atoms with Gasteiger partial charge in [0.2, 0.25) is 0 Å². The van der Waals surface area contributed by atoms with Gasteiger partial charge in [-0.1, -0.05) is 42.5 Å². The van der Waals surface area contributed by atoms with E-state index in [1.165, 1.54) is 5.56 Å². The van der Waals surface area contributed by atoms with Crippen LogP contribution in [0, 0.1) is 0 Å². The van der Waals surface area contributed by atoms with Crippen LogP contribution in [-0.4, -0.2) is 17.9 Å². The fourth-order valence-corrected chi connectivity index (χ4v) is 2.86. The van der Waals surface area contributed by atoms with Crippen molar-refractivity contribution in [3.63, 3.8) is 0 Å². The highest BCUT2D eigenvalue weighted by Gasteiger charge is 2.11. The molecule has 25 heavy (non-hydrogen) atoms. The summed E-state index contributed by atoms with van der Waals surface area (Å²) in [7, 11) is 2.00. The molecule has 126 valence electrons.